The number of likely N-dealkylation sites (tertiary alicyclic amines) is 1. The Morgan fingerprint density at radius 1 is 1.10 bits per heavy atom. The van der Waals surface area contributed by atoms with Gasteiger partial charge in [0.1, 0.15) is 11.5 Å². The molecule has 1 aliphatic rings. The van der Waals surface area contributed by atoms with Crippen LogP contribution in [0.3, 0.4) is 0 Å². The Bertz CT molecular complexity index is 835. The van der Waals surface area contributed by atoms with Crippen molar-refractivity contribution in [2.45, 2.75) is 32.5 Å². The van der Waals surface area contributed by atoms with Crippen molar-refractivity contribution >= 4 is 5.96 Å². The van der Waals surface area contributed by atoms with Gasteiger partial charge < -0.3 is 24.8 Å². The summed E-state index contributed by atoms with van der Waals surface area (Å²) in [6.45, 7) is 6.28. The molecule has 1 fully saturated rings. The predicted octanol–water partition coefficient (Wildman–Crippen LogP) is 2.44. The number of hydrogen-bond donors (Lipinski definition) is 2. The highest BCUT2D eigenvalue weighted by atomic mass is 16.5. The zero-order chi connectivity index (χ0) is 22.1. The van der Waals surface area contributed by atoms with Crippen LogP contribution < -0.4 is 24.8 Å². The van der Waals surface area contributed by atoms with Gasteiger partial charge >= 0.3 is 0 Å². The van der Waals surface area contributed by atoms with Gasteiger partial charge in [0.25, 0.3) is 0 Å². The fourth-order valence-electron chi connectivity index (χ4n) is 3.62. The van der Waals surface area contributed by atoms with E-state index in [4.69, 9.17) is 19.2 Å². The molecule has 2 aromatic rings. The highest BCUT2D eigenvalue weighted by molar-refractivity contribution is 5.80. The number of aliphatic imine (C=N–C) groups is 1. The number of rotatable bonds is 9. The van der Waals surface area contributed by atoms with Crippen molar-refractivity contribution in [1.82, 2.24) is 20.5 Å². The molecule has 0 radical (unpaired) electrons. The average Bonchev–Trinajstić information content (AvgIpc) is 3.24. The Kier molecular flexibility index (Phi) is 8.35. The number of pyridine rings is 1. The lowest BCUT2D eigenvalue weighted by atomic mass is 10.2. The molecule has 168 valence electrons. The van der Waals surface area contributed by atoms with Gasteiger partial charge in [0.15, 0.2) is 5.96 Å². The Morgan fingerprint density at radius 2 is 1.87 bits per heavy atom. The van der Waals surface area contributed by atoms with Gasteiger partial charge in [-0.3, -0.25) is 4.90 Å². The molecule has 1 saturated heterocycles. The summed E-state index contributed by atoms with van der Waals surface area (Å²) in [7, 11) is 4.97. The first-order chi connectivity index (χ1) is 15.1. The number of nitrogens with zero attached hydrogens (tertiary/aromatic N) is 3. The summed E-state index contributed by atoms with van der Waals surface area (Å²) >= 11 is 0. The third-order valence-corrected chi connectivity index (χ3v) is 5.20. The third kappa shape index (κ3) is 6.75. The van der Waals surface area contributed by atoms with Crippen LogP contribution in [0.1, 0.15) is 24.5 Å². The van der Waals surface area contributed by atoms with Gasteiger partial charge in [-0.05, 0) is 36.6 Å². The van der Waals surface area contributed by atoms with Crippen molar-refractivity contribution in [3.05, 3.63) is 47.7 Å². The van der Waals surface area contributed by atoms with Gasteiger partial charge in [-0.25, -0.2) is 9.98 Å². The van der Waals surface area contributed by atoms with E-state index < -0.39 is 0 Å². The molecule has 3 rings (SSSR count). The minimum Gasteiger partial charge on any atom is -0.497 e. The van der Waals surface area contributed by atoms with Gasteiger partial charge in [0.05, 0.1) is 27.9 Å². The van der Waals surface area contributed by atoms with E-state index in [0.29, 0.717) is 18.5 Å². The van der Waals surface area contributed by atoms with Crippen LogP contribution in [-0.2, 0) is 13.1 Å². The lowest BCUT2D eigenvalue weighted by Gasteiger charge is -2.19. The molecule has 2 N–H and O–H groups in total. The summed E-state index contributed by atoms with van der Waals surface area (Å²) in [6, 6.07) is 10.2. The van der Waals surface area contributed by atoms with Crippen LogP contribution in [-0.4, -0.2) is 62.8 Å². The molecule has 8 nitrogen and oxygen atoms in total. The van der Waals surface area contributed by atoms with Crippen molar-refractivity contribution < 1.29 is 14.2 Å². The lowest BCUT2D eigenvalue weighted by Crippen LogP contribution is -2.44. The Morgan fingerprint density at radius 3 is 2.48 bits per heavy atom. The zero-order valence-corrected chi connectivity index (χ0v) is 18.9. The highest BCUT2D eigenvalue weighted by Gasteiger charge is 2.23. The van der Waals surface area contributed by atoms with Crippen LogP contribution in [0.5, 0.6) is 17.4 Å². The van der Waals surface area contributed by atoms with E-state index in [2.05, 4.69) is 39.6 Å². The molecule has 0 spiro atoms. The van der Waals surface area contributed by atoms with Crippen molar-refractivity contribution in [3.63, 3.8) is 0 Å². The quantitative estimate of drug-likeness (QED) is 0.470. The molecule has 0 aliphatic carbocycles. The van der Waals surface area contributed by atoms with E-state index in [1.807, 2.05) is 18.2 Å². The molecule has 1 aliphatic heterocycles. The van der Waals surface area contributed by atoms with Gasteiger partial charge in [0, 0.05) is 50.6 Å². The summed E-state index contributed by atoms with van der Waals surface area (Å²) in [5.74, 6) is 3.07. The van der Waals surface area contributed by atoms with Crippen LogP contribution in [0.4, 0.5) is 0 Å². The van der Waals surface area contributed by atoms with Crippen LogP contribution in [0.25, 0.3) is 0 Å². The molecule has 2 heterocycles. The first-order valence-electron chi connectivity index (χ1n) is 10.6. The van der Waals surface area contributed by atoms with Crippen molar-refractivity contribution in [3.8, 4) is 17.4 Å². The Balaban J connectivity index is 1.56. The van der Waals surface area contributed by atoms with Crippen LogP contribution in [0.2, 0.25) is 0 Å². The first-order valence-corrected chi connectivity index (χ1v) is 10.6. The zero-order valence-electron chi connectivity index (χ0n) is 18.9. The molecule has 0 bridgehead atoms. The molecule has 1 unspecified atom stereocenters. The van der Waals surface area contributed by atoms with Gasteiger partial charge in [-0.2, -0.15) is 0 Å². The smallest absolute Gasteiger partial charge is 0.212 e. The maximum atomic E-state index is 5.39. The summed E-state index contributed by atoms with van der Waals surface area (Å²) in [5.41, 5.74) is 2.22. The fraction of sp³-hybridized carbons (Fsp3) is 0.478. The van der Waals surface area contributed by atoms with E-state index in [1.54, 1.807) is 27.5 Å². The molecule has 0 saturated carbocycles. The summed E-state index contributed by atoms with van der Waals surface area (Å²) < 4.78 is 15.9. The van der Waals surface area contributed by atoms with Crippen molar-refractivity contribution in [2.75, 3.05) is 41.0 Å². The molecular formula is C23H33N5O3. The number of nitrogens with one attached hydrogen (secondary N) is 2. The van der Waals surface area contributed by atoms with Crippen molar-refractivity contribution in [2.24, 2.45) is 4.99 Å². The molecular weight excluding hydrogens is 394 g/mol. The Hall–Kier alpha value is -3.00. The standard InChI is InChI=1S/C23H33N5O3/c1-5-24-23(26-14-17-6-7-22(31-4)25-13-17)27-19-8-9-28(16-19)15-18-10-20(29-2)12-21(11-18)30-3/h6-7,10-13,19H,5,8-9,14-16H2,1-4H3,(H2,24,26,27). The van der Waals surface area contributed by atoms with Gasteiger partial charge in [-0.1, -0.05) is 6.07 Å². The molecule has 0 amide bonds. The maximum absolute atomic E-state index is 5.39. The van der Waals surface area contributed by atoms with Crippen LogP contribution >= 0.6 is 0 Å². The summed E-state index contributed by atoms with van der Waals surface area (Å²) in [5, 5.41) is 6.91. The largest absolute Gasteiger partial charge is 0.497 e. The van der Waals surface area contributed by atoms with Crippen LogP contribution in [0.15, 0.2) is 41.5 Å². The fourth-order valence-corrected chi connectivity index (χ4v) is 3.62. The SMILES string of the molecule is CCNC(=NCc1ccc(OC)nc1)NC1CCN(Cc2cc(OC)cc(OC)c2)C1. The van der Waals surface area contributed by atoms with Crippen molar-refractivity contribution in [1.29, 1.82) is 0 Å². The van der Waals surface area contributed by atoms with Gasteiger partial charge in [0.2, 0.25) is 5.88 Å². The normalized spacial score (nSPS) is 16.8. The minimum atomic E-state index is 0.347. The summed E-state index contributed by atoms with van der Waals surface area (Å²) in [4.78, 5) is 11.4. The van der Waals surface area contributed by atoms with Crippen LogP contribution in [0, 0.1) is 0 Å². The summed E-state index contributed by atoms with van der Waals surface area (Å²) in [6.07, 6.45) is 2.86. The number of hydrogen-bond acceptors (Lipinski definition) is 6. The van der Waals surface area contributed by atoms with Gasteiger partial charge in [-0.15, -0.1) is 0 Å². The van der Waals surface area contributed by atoms with E-state index in [1.165, 1.54) is 5.56 Å². The molecule has 1 aromatic carbocycles. The second-order valence-corrected chi connectivity index (χ2v) is 7.49. The van der Waals surface area contributed by atoms with E-state index in [0.717, 1.165) is 55.6 Å². The first kappa shape index (κ1) is 22.7. The van der Waals surface area contributed by atoms with E-state index in [-0.39, 0.29) is 0 Å². The molecule has 8 heteroatoms. The van der Waals surface area contributed by atoms with E-state index in [9.17, 15) is 0 Å². The monoisotopic (exact) mass is 427 g/mol. The Labute approximate surface area is 184 Å². The number of aromatic nitrogens is 1. The second kappa shape index (κ2) is 11.4. The maximum Gasteiger partial charge on any atom is 0.212 e. The third-order valence-electron chi connectivity index (χ3n) is 5.20. The molecule has 1 atom stereocenters. The van der Waals surface area contributed by atoms with E-state index >= 15 is 0 Å². The number of methoxy groups -OCH3 is 3. The highest BCUT2D eigenvalue weighted by Crippen LogP contribution is 2.24. The minimum absolute atomic E-state index is 0.347. The molecule has 1 aromatic heterocycles. The topological polar surface area (TPSA) is 80.2 Å². The number of benzene rings is 1. The predicted molar refractivity (Wildman–Crippen MR) is 122 cm³/mol. The molecule has 31 heavy (non-hydrogen) atoms. The average molecular weight is 428 g/mol. The lowest BCUT2D eigenvalue weighted by molar-refractivity contribution is 0.321. The second-order valence-electron chi connectivity index (χ2n) is 7.49. The number of guanidine groups is 1. The number of ether oxygens (including phenoxy) is 3.